The summed E-state index contributed by atoms with van der Waals surface area (Å²) in [4.78, 5) is 12.2. The highest BCUT2D eigenvalue weighted by Gasteiger charge is 2.28. The van der Waals surface area contributed by atoms with Gasteiger partial charge in [-0.1, -0.05) is 35.6 Å². The van der Waals surface area contributed by atoms with Gasteiger partial charge in [-0.15, -0.1) is 10.2 Å². The third-order valence-corrected chi connectivity index (χ3v) is 7.53. The summed E-state index contributed by atoms with van der Waals surface area (Å²) in [5.74, 6) is 0.374. The second kappa shape index (κ2) is 8.50. The van der Waals surface area contributed by atoms with E-state index >= 15 is 0 Å². The molecule has 156 valence electrons. The molecule has 2 aromatic carbocycles. The third kappa shape index (κ3) is 4.35. The highest BCUT2D eigenvalue weighted by Crippen LogP contribution is 2.33. The molecule has 0 saturated heterocycles. The van der Waals surface area contributed by atoms with Crippen molar-refractivity contribution in [3.05, 3.63) is 65.2 Å². The van der Waals surface area contributed by atoms with Crippen molar-refractivity contribution in [3.63, 3.8) is 0 Å². The minimum Gasteiger partial charge on any atom is -0.497 e. The molecule has 0 saturated carbocycles. The van der Waals surface area contributed by atoms with Crippen LogP contribution >= 0.6 is 11.3 Å². The molecular weight excluding hydrogens is 424 g/mol. The van der Waals surface area contributed by atoms with Crippen LogP contribution in [0.15, 0.2) is 52.9 Å². The summed E-state index contributed by atoms with van der Waals surface area (Å²) in [6.45, 7) is 0. The second-order valence-corrected chi connectivity index (χ2v) is 9.69. The van der Waals surface area contributed by atoms with Crippen LogP contribution in [0.2, 0.25) is 0 Å². The lowest BCUT2D eigenvalue weighted by atomic mass is 9.88. The molecule has 3 aromatic rings. The maximum absolute atomic E-state index is 12.9. The van der Waals surface area contributed by atoms with Gasteiger partial charge in [-0.3, -0.25) is 10.1 Å². The zero-order valence-electron chi connectivity index (χ0n) is 16.2. The monoisotopic (exact) mass is 444 g/mol. The average molecular weight is 445 g/mol. The van der Waals surface area contributed by atoms with Gasteiger partial charge in [0.05, 0.1) is 7.11 Å². The van der Waals surface area contributed by atoms with Crippen LogP contribution < -0.4 is 14.8 Å². The van der Waals surface area contributed by atoms with Crippen LogP contribution in [0.3, 0.4) is 0 Å². The van der Waals surface area contributed by atoms with E-state index in [0.717, 1.165) is 41.1 Å². The first kappa shape index (κ1) is 20.5. The number of carbonyl (C=O) groups is 1. The minimum absolute atomic E-state index is 0.123. The number of aromatic nitrogens is 2. The molecule has 30 heavy (non-hydrogen) atoms. The lowest BCUT2D eigenvalue weighted by molar-refractivity contribution is 0.102. The molecule has 1 aliphatic carbocycles. The van der Waals surface area contributed by atoms with Gasteiger partial charge in [-0.2, -0.15) is 0 Å². The fourth-order valence-electron chi connectivity index (χ4n) is 3.41. The van der Waals surface area contributed by atoms with Crippen LogP contribution in [0.4, 0.5) is 5.13 Å². The number of nitrogens with zero attached hydrogens (tertiary/aromatic N) is 2. The van der Waals surface area contributed by atoms with E-state index in [1.165, 1.54) is 0 Å². The number of nitrogens with one attached hydrogen (secondary N) is 2. The summed E-state index contributed by atoms with van der Waals surface area (Å²) in [5, 5.41) is 10.3. The molecule has 4 rings (SSSR count). The summed E-state index contributed by atoms with van der Waals surface area (Å²) >= 11 is 0.814. The molecule has 0 unspecified atom stereocenters. The van der Waals surface area contributed by atoms with Gasteiger partial charge < -0.3 is 4.74 Å². The number of hydrogen-bond donors (Lipinski definition) is 2. The van der Waals surface area contributed by atoms with Crippen LogP contribution in [0.1, 0.15) is 40.4 Å². The minimum atomic E-state index is -3.89. The van der Waals surface area contributed by atoms with E-state index in [0.29, 0.717) is 12.0 Å². The normalized spacial score (nSPS) is 16.0. The number of amides is 1. The molecule has 8 nitrogen and oxygen atoms in total. The fraction of sp³-hybridized carbons (Fsp3) is 0.250. The number of aryl methyl sites for hydroxylation is 1. The van der Waals surface area contributed by atoms with Crippen LogP contribution in [-0.2, 0) is 16.4 Å². The summed E-state index contributed by atoms with van der Waals surface area (Å²) in [7, 11) is -2.28. The topological polar surface area (TPSA) is 110 Å². The van der Waals surface area contributed by atoms with Crippen LogP contribution in [0.5, 0.6) is 5.75 Å². The van der Waals surface area contributed by atoms with Crippen molar-refractivity contribution in [2.45, 2.75) is 29.6 Å². The summed E-state index contributed by atoms with van der Waals surface area (Å²) in [6.07, 6.45) is 2.43. The van der Waals surface area contributed by atoms with Gasteiger partial charge in [0.25, 0.3) is 15.9 Å². The van der Waals surface area contributed by atoms with E-state index in [-0.39, 0.29) is 21.4 Å². The lowest BCUT2D eigenvalue weighted by Gasteiger charge is -2.26. The number of anilines is 1. The van der Waals surface area contributed by atoms with Gasteiger partial charge in [-0.05, 0) is 54.7 Å². The quantitative estimate of drug-likeness (QED) is 0.565. The molecule has 2 N–H and O–H groups in total. The predicted octanol–water partition coefficient (Wildman–Crippen LogP) is 3.15. The zero-order valence-corrected chi connectivity index (χ0v) is 17.8. The van der Waals surface area contributed by atoms with Crippen molar-refractivity contribution in [2.75, 3.05) is 12.4 Å². The molecule has 0 bridgehead atoms. The maximum atomic E-state index is 12.9. The van der Waals surface area contributed by atoms with Crippen molar-refractivity contribution in [1.82, 2.24) is 14.9 Å². The first-order valence-electron chi connectivity index (χ1n) is 9.35. The third-order valence-electron chi connectivity index (χ3n) is 4.85. The molecule has 10 heteroatoms. The van der Waals surface area contributed by atoms with E-state index in [9.17, 15) is 13.2 Å². The largest absolute Gasteiger partial charge is 0.497 e. The Morgan fingerprint density at radius 2 is 1.97 bits per heavy atom. The van der Waals surface area contributed by atoms with Gasteiger partial charge in [0.2, 0.25) is 9.47 Å². The summed E-state index contributed by atoms with van der Waals surface area (Å²) in [5.41, 5.74) is 2.46. The number of ether oxygens (including phenoxy) is 1. The smallest absolute Gasteiger partial charge is 0.270 e. The molecule has 1 aliphatic rings. The Morgan fingerprint density at radius 3 is 2.73 bits per heavy atom. The SMILES string of the molecule is COc1ccc2c(c1)CCC[C@@H]2NS(=O)(=O)c1nnc(NC(=O)c2ccccc2)s1. The second-order valence-electron chi connectivity index (χ2n) is 6.82. The lowest BCUT2D eigenvalue weighted by Crippen LogP contribution is -2.31. The number of sulfonamides is 1. The van der Waals surface area contributed by atoms with E-state index in [2.05, 4.69) is 20.2 Å². The number of fused-ring (bicyclic) bond motifs is 1. The average Bonchev–Trinajstić information content (AvgIpc) is 3.23. The Balaban J connectivity index is 1.50. The van der Waals surface area contributed by atoms with Crippen LogP contribution in [0, 0.1) is 0 Å². The van der Waals surface area contributed by atoms with Crippen molar-refractivity contribution < 1.29 is 17.9 Å². The van der Waals surface area contributed by atoms with Crippen molar-refractivity contribution in [1.29, 1.82) is 0 Å². The molecule has 1 heterocycles. The van der Waals surface area contributed by atoms with Gasteiger partial charge in [-0.25, -0.2) is 13.1 Å². The van der Waals surface area contributed by atoms with Crippen molar-refractivity contribution >= 4 is 32.4 Å². The van der Waals surface area contributed by atoms with Gasteiger partial charge in [0.15, 0.2) is 0 Å². The highest BCUT2D eigenvalue weighted by atomic mass is 32.2. The fourth-order valence-corrected chi connectivity index (χ4v) is 5.57. The molecule has 0 aliphatic heterocycles. The standard InChI is InChI=1S/C20H20N4O4S2/c1-28-15-10-11-16-14(12-15)8-5-9-17(16)24-30(26,27)20-23-22-19(29-20)21-18(25)13-6-3-2-4-7-13/h2-4,6-7,10-12,17,24H,5,8-9H2,1H3,(H,21,22,25)/t17-/m0/s1. The Kier molecular flexibility index (Phi) is 5.80. The molecule has 0 fully saturated rings. The molecule has 0 spiro atoms. The number of carbonyl (C=O) groups excluding carboxylic acids is 1. The Bertz CT molecular complexity index is 1160. The summed E-state index contributed by atoms with van der Waals surface area (Å²) < 4.78 is 33.5. The Labute approximate surface area is 178 Å². The highest BCUT2D eigenvalue weighted by molar-refractivity contribution is 7.91. The molecular formula is C20H20N4O4S2. The molecule has 0 radical (unpaired) electrons. The van der Waals surface area contributed by atoms with E-state index < -0.39 is 10.0 Å². The number of rotatable bonds is 6. The first-order valence-corrected chi connectivity index (χ1v) is 11.7. The Hall–Kier alpha value is -2.82. The molecule has 1 atom stereocenters. The van der Waals surface area contributed by atoms with Crippen molar-refractivity contribution in [3.8, 4) is 5.75 Å². The molecule has 1 amide bonds. The zero-order chi connectivity index (χ0) is 21.1. The number of benzene rings is 2. The van der Waals surface area contributed by atoms with Gasteiger partial charge in [0.1, 0.15) is 5.75 Å². The maximum Gasteiger partial charge on any atom is 0.270 e. The van der Waals surface area contributed by atoms with Crippen molar-refractivity contribution in [2.24, 2.45) is 0 Å². The first-order chi connectivity index (χ1) is 14.5. The predicted molar refractivity (Wildman–Crippen MR) is 113 cm³/mol. The van der Waals surface area contributed by atoms with E-state index in [4.69, 9.17) is 4.74 Å². The number of hydrogen-bond acceptors (Lipinski definition) is 7. The molecule has 1 aromatic heterocycles. The van der Waals surface area contributed by atoms with Crippen LogP contribution in [0.25, 0.3) is 0 Å². The number of methoxy groups -OCH3 is 1. The van der Waals surface area contributed by atoms with Crippen LogP contribution in [-0.4, -0.2) is 31.6 Å². The Morgan fingerprint density at radius 1 is 1.17 bits per heavy atom. The van der Waals surface area contributed by atoms with Gasteiger partial charge >= 0.3 is 0 Å². The van der Waals surface area contributed by atoms with E-state index in [1.54, 1.807) is 37.4 Å². The van der Waals surface area contributed by atoms with E-state index in [1.807, 2.05) is 18.2 Å². The van der Waals surface area contributed by atoms with Gasteiger partial charge in [0, 0.05) is 11.6 Å². The summed E-state index contributed by atoms with van der Waals surface area (Å²) in [6, 6.07) is 13.9.